The van der Waals surface area contributed by atoms with Crippen molar-refractivity contribution in [3.8, 4) is 0 Å². The Kier molecular flexibility index (Phi) is 6.27. The van der Waals surface area contributed by atoms with E-state index in [2.05, 4.69) is 5.32 Å². The van der Waals surface area contributed by atoms with Gasteiger partial charge in [-0.05, 0) is 38.0 Å². The summed E-state index contributed by atoms with van der Waals surface area (Å²) in [5.41, 5.74) is 0.540. The van der Waals surface area contributed by atoms with E-state index in [1.165, 1.54) is 0 Å². The zero-order valence-electron chi connectivity index (χ0n) is 15.8. The fraction of sp³-hybridized carbons (Fsp3) is 0.550. The summed E-state index contributed by atoms with van der Waals surface area (Å²) in [5.74, 6) is -3.13. The Bertz CT molecular complexity index is 843. The normalized spacial score (nSPS) is 18.3. The van der Waals surface area contributed by atoms with Crippen molar-refractivity contribution in [2.45, 2.75) is 50.6 Å². The highest BCUT2D eigenvalue weighted by Gasteiger charge is 2.42. The number of carbonyl (C=O) groups excluding carboxylic acids is 1. The Hall–Kier alpha value is -1.70. The Morgan fingerprint density at radius 1 is 1.36 bits per heavy atom. The third kappa shape index (κ3) is 4.64. The summed E-state index contributed by atoms with van der Waals surface area (Å²) in [5, 5.41) is 13.7. The summed E-state index contributed by atoms with van der Waals surface area (Å²) < 4.78 is 33.9. The Morgan fingerprint density at radius 3 is 2.75 bits per heavy atom. The number of alkyl halides is 2. The van der Waals surface area contributed by atoms with E-state index in [9.17, 15) is 18.7 Å². The first-order chi connectivity index (χ1) is 13.2. The van der Waals surface area contributed by atoms with E-state index >= 15 is 0 Å². The molecule has 154 valence electrons. The number of aliphatic hydroxyl groups is 1. The lowest BCUT2D eigenvalue weighted by Gasteiger charge is -2.35. The largest absolute Gasteiger partial charge is 0.388 e. The first-order valence-corrected chi connectivity index (χ1v) is 9.87. The van der Waals surface area contributed by atoms with Crippen molar-refractivity contribution in [2.75, 3.05) is 19.8 Å². The smallest absolute Gasteiger partial charge is 0.253 e. The van der Waals surface area contributed by atoms with Crippen molar-refractivity contribution in [1.82, 2.24) is 9.72 Å². The van der Waals surface area contributed by atoms with Crippen LogP contribution < -0.4 is 5.32 Å². The van der Waals surface area contributed by atoms with Gasteiger partial charge in [0, 0.05) is 44.3 Å². The minimum atomic E-state index is -2.74. The van der Waals surface area contributed by atoms with E-state index < -0.39 is 11.5 Å². The van der Waals surface area contributed by atoms with Crippen molar-refractivity contribution in [3.05, 3.63) is 40.7 Å². The van der Waals surface area contributed by atoms with E-state index in [0.29, 0.717) is 35.7 Å². The first-order valence-electron chi connectivity index (χ1n) is 9.49. The van der Waals surface area contributed by atoms with Crippen LogP contribution in [0.3, 0.4) is 0 Å². The predicted octanol–water partition coefficient (Wildman–Crippen LogP) is 3.84. The van der Waals surface area contributed by atoms with Crippen LogP contribution in [0.2, 0.25) is 5.02 Å². The van der Waals surface area contributed by atoms with E-state index in [0.717, 1.165) is 5.69 Å². The molecule has 0 saturated heterocycles. The third-order valence-electron chi connectivity index (χ3n) is 5.26. The van der Waals surface area contributed by atoms with Gasteiger partial charge in [0.2, 0.25) is 5.92 Å². The summed E-state index contributed by atoms with van der Waals surface area (Å²) in [6.45, 7) is 2.97. The second kappa shape index (κ2) is 8.35. The number of rotatable bonds is 7. The summed E-state index contributed by atoms with van der Waals surface area (Å²) >= 11 is 6.32. The molecule has 2 heterocycles. The van der Waals surface area contributed by atoms with E-state index in [4.69, 9.17) is 16.3 Å². The number of halogens is 3. The highest BCUT2D eigenvalue weighted by molar-refractivity contribution is 6.34. The average molecular weight is 415 g/mol. The fourth-order valence-electron chi connectivity index (χ4n) is 3.57. The zero-order valence-corrected chi connectivity index (χ0v) is 16.6. The Morgan fingerprint density at radius 2 is 2.07 bits per heavy atom. The number of pyridine rings is 1. The number of fused-ring (bicyclic) bond motifs is 1. The van der Waals surface area contributed by atoms with Crippen LogP contribution in [0.1, 0.15) is 48.7 Å². The van der Waals surface area contributed by atoms with Crippen molar-refractivity contribution in [1.29, 1.82) is 0 Å². The lowest BCUT2D eigenvalue weighted by atomic mass is 9.82. The molecule has 0 unspecified atom stereocenters. The first kappa shape index (κ1) is 21.0. The molecule has 0 spiro atoms. The van der Waals surface area contributed by atoms with E-state index in [1.807, 2.05) is 17.5 Å². The maximum absolute atomic E-state index is 13.3. The Balaban J connectivity index is 1.76. The quantitative estimate of drug-likeness (QED) is 0.676. The van der Waals surface area contributed by atoms with Crippen LogP contribution in [0.25, 0.3) is 5.52 Å². The maximum Gasteiger partial charge on any atom is 0.253 e. The summed E-state index contributed by atoms with van der Waals surface area (Å²) in [4.78, 5) is 12.8. The second-order valence-corrected chi connectivity index (χ2v) is 7.74. The molecule has 2 N–H and O–H groups in total. The number of nitrogens with zero attached hydrogens (tertiary/aromatic N) is 1. The molecule has 0 aromatic carbocycles. The van der Waals surface area contributed by atoms with E-state index in [-0.39, 0.29) is 38.1 Å². The van der Waals surface area contributed by atoms with Gasteiger partial charge in [0.25, 0.3) is 5.91 Å². The molecule has 0 bridgehead atoms. The summed E-state index contributed by atoms with van der Waals surface area (Å²) in [6, 6.07) is 5.26. The molecule has 1 fully saturated rings. The average Bonchev–Trinajstić information content (AvgIpc) is 3.03. The minimum Gasteiger partial charge on any atom is -0.388 e. The van der Waals surface area contributed by atoms with Gasteiger partial charge in [-0.15, -0.1) is 0 Å². The van der Waals surface area contributed by atoms with Crippen LogP contribution in [-0.2, 0) is 11.2 Å². The molecular weight excluding hydrogens is 390 g/mol. The molecule has 5 nitrogen and oxygen atoms in total. The molecule has 2 aromatic rings. The number of hydrogen-bond acceptors (Lipinski definition) is 3. The second-order valence-electron chi connectivity index (χ2n) is 7.33. The molecule has 1 aliphatic carbocycles. The number of amides is 1. The van der Waals surface area contributed by atoms with E-state index in [1.54, 1.807) is 18.2 Å². The number of ether oxygens (including phenoxy) is 1. The van der Waals surface area contributed by atoms with Gasteiger partial charge in [0.1, 0.15) is 0 Å². The van der Waals surface area contributed by atoms with Crippen LogP contribution in [0.4, 0.5) is 8.78 Å². The van der Waals surface area contributed by atoms with Gasteiger partial charge in [0.15, 0.2) is 0 Å². The molecule has 1 aliphatic rings. The van der Waals surface area contributed by atoms with Crippen molar-refractivity contribution in [3.63, 3.8) is 0 Å². The fourth-order valence-corrected chi connectivity index (χ4v) is 3.83. The van der Waals surface area contributed by atoms with Gasteiger partial charge in [-0.25, -0.2) is 8.78 Å². The topological polar surface area (TPSA) is 63.0 Å². The molecule has 0 radical (unpaired) electrons. The lowest BCUT2D eigenvalue weighted by molar-refractivity contribution is -0.101. The number of carbonyl (C=O) groups is 1. The molecule has 1 amide bonds. The molecule has 8 heteroatoms. The standard InChI is InChI=1S/C20H25ClF2N2O3/c1-2-28-11-5-14-12-15(17-16(21)4-3-10-25(14)17)18(26)24-13-19(27)6-8-20(22,23)9-7-19/h3-4,10,12,27H,2,5-9,11,13H2,1H3,(H,24,26). The van der Waals surface area contributed by atoms with Crippen LogP contribution in [0.15, 0.2) is 24.4 Å². The zero-order chi connectivity index (χ0) is 20.4. The minimum absolute atomic E-state index is 0.0445. The van der Waals surface area contributed by atoms with Crippen molar-refractivity contribution < 1.29 is 23.4 Å². The molecule has 0 aliphatic heterocycles. The van der Waals surface area contributed by atoms with Gasteiger partial charge in [0.05, 0.1) is 28.3 Å². The molecule has 28 heavy (non-hydrogen) atoms. The third-order valence-corrected chi connectivity index (χ3v) is 5.57. The number of aromatic nitrogens is 1. The van der Waals surface area contributed by atoms with Crippen LogP contribution >= 0.6 is 11.6 Å². The SMILES string of the molecule is CCOCCc1cc(C(=O)NCC2(O)CCC(F)(F)CC2)c2c(Cl)cccn12. The van der Waals surface area contributed by atoms with Gasteiger partial charge in [-0.2, -0.15) is 0 Å². The van der Waals surface area contributed by atoms with Gasteiger partial charge < -0.3 is 19.6 Å². The highest BCUT2D eigenvalue weighted by atomic mass is 35.5. The van der Waals surface area contributed by atoms with Gasteiger partial charge in [-0.1, -0.05) is 11.6 Å². The highest BCUT2D eigenvalue weighted by Crippen LogP contribution is 2.38. The summed E-state index contributed by atoms with van der Waals surface area (Å²) in [6.07, 6.45) is 1.61. The Labute approximate surface area is 167 Å². The van der Waals surface area contributed by atoms with Gasteiger partial charge >= 0.3 is 0 Å². The maximum atomic E-state index is 13.3. The van der Waals surface area contributed by atoms with Crippen LogP contribution in [0.5, 0.6) is 0 Å². The van der Waals surface area contributed by atoms with Crippen LogP contribution in [0, 0.1) is 0 Å². The van der Waals surface area contributed by atoms with Crippen molar-refractivity contribution >= 4 is 23.0 Å². The van der Waals surface area contributed by atoms with Crippen molar-refractivity contribution in [2.24, 2.45) is 0 Å². The molecular formula is C20H25ClF2N2O3. The monoisotopic (exact) mass is 414 g/mol. The summed E-state index contributed by atoms with van der Waals surface area (Å²) in [7, 11) is 0. The molecule has 0 atom stereocenters. The van der Waals surface area contributed by atoms with Gasteiger partial charge in [-0.3, -0.25) is 4.79 Å². The number of hydrogen-bond donors (Lipinski definition) is 2. The number of nitrogens with one attached hydrogen (secondary N) is 1. The molecule has 1 saturated carbocycles. The van der Waals surface area contributed by atoms with Crippen LogP contribution in [-0.4, -0.2) is 46.7 Å². The predicted molar refractivity (Wildman–Crippen MR) is 103 cm³/mol. The molecule has 2 aromatic heterocycles. The molecule has 3 rings (SSSR count). The lowest BCUT2D eigenvalue weighted by Crippen LogP contribution is -2.47.